The van der Waals surface area contributed by atoms with Gasteiger partial charge in [0.15, 0.2) is 0 Å². The molecule has 0 radical (unpaired) electrons. The lowest BCUT2D eigenvalue weighted by molar-refractivity contribution is 0.581. The van der Waals surface area contributed by atoms with E-state index in [0.717, 1.165) is 11.1 Å². The largest absolute Gasteiger partial charge is 0.242 e. The quantitative estimate of drug-likeness (QED) is 0.852. The predicted molar refractivity (Wildman–Crippen MR) is 81.5 cm³/mol. The van der Waals surface area contributed by atoms with Gasteiger partial charge in [-0.05, 0) is 23.3 Å². The van der Waals surface area contributed by atoms with Crippen LogP contribution in [0.3, 0.4) is 0 Å². The van der Waals surface area contributed by atoms with Crippen LogP contribution in [0, 0.1) is 0 Å². The Morgan fingerprint density at radius 1 is 0.950 bits per heavy atom. The fourth-order valence-electron chi connectivity index (χ4n) is 1.66. The molecule has 0 aromatic heterocycles. The Morgan fingerprint density at radius 3 is 2.15 bits per heavy atom. The maximum absolute atomic E-state index is 12.1. The van der Waals surface area contributed by atoms with Gasteiger partial charge in [-0.1, -0.05) is 48.0 Å². The van der Waals surface area contributed by atoms with Gasteiger partial charge in [0.25, 0.3) is 0 Å². The van der Waals surface area contributed by atoms with Crippen molar-refractivity contribution in [3.8, 4) is 0 Å². The number of alkyl halides is 1. The minimum Gasteiger partial charge on any atom is -0.207 e. The van der Waals surface area contributed by atoms with Crippen molar-refractivity contribution < 1.29 is 8.42 Å². The van der Waals surface area contributed by atoms with E-state index in [0.29, 0.717) is 5.88 Å². The Kier molecular flexibility index (Phi) is 5.05. The highest BCUT2D eigenvalue weighted by Crippen LogP contribution is 2.20. The molecule has 0 bridgehead atoms. The van der Waals surface area contributed by atoms with Crippen molar-refractivity contribution >= 4 is 33.2 Å². The molecule has 106 valence electrons. The van der Waals surface area contributed by atoms with Crippen LogP contribution in [-0.4, -0.2) is 8.42 Å². The fraction of sp³-hybridized carbons (Fsp3) is 0.143. The Hall–Kier alpha value is -1.07. The summed E-state index contributed by atoms with van der Waals surface area (Å²) in [4.78, 5) is 0.0824. The molecule has 6 heteroatoms. The van der Waals surface area contributed by atoms with E-state index < -0.39 is 10.0 Å². The van der Waals surface area contributed by atoms with Crippen LogP contribution in [-0.2, 0) is 22.4 Å². The third kappa shape index (κ3) is 3.73. The Morgan fingerprint density at radius 2 is 1.55 bits per heavy atom. The van der Waals surface area contributed by atoms with Gasteiger partial charge in [-0.15, -0.1) is 11.6 Å². The molecule has 0 amide bonds. The zero-order valence-corrected chi connectivity index (χ0v) is 12.8. The van der Waals surface area contributed by atoms with Crippen molar-refractivity contribution in [1.29, 1.82) is 0 Å². The highest BCUT2D eigenvalue weighted by Gasteiger charge is 2.16. The van der Waals surface area contributed by atoms with Crippen molar-refractivity contribution in [2.24, 2.45) is 0 Å². The highest BCUT2D eigenvalue weighted by atomic mass is 35.5. The molecule has 0 saturated carbocycles. The van der Waals surface area contributed by atoms with E-state index in [1.54, 1.807) is 18.2 Å². The van der Waals surface area contributed by atoms with Crippen molar-refractivity contribution in [2.75, 3.05) is 0 Å². The van der Waals surface area contributed by atoms with Gasteiger partial charge >= 0.3 is 0 Å². The van der Waals surface area contributed by atoms with E-state index >= 15 is 0 Å². The van der Waals surface area contributed by atoms with E-state index in [9.17, 15) is 8.42 Å². The lowest BCUT2D eigenvalue weighted by atomic mass is 10.1. The summed E-state index contributed by atoms with van der Waals surface area (Å²) in [6.45, 7) is 0.204. The molecule has 0 aliphatic rings. The molecule has 20 heavy (non-hydrogen) atoms. The summed E-state index contributed by atoms with van der Waals surface area (Å²) in [6, 6.07) is 13.8. The second-order valence-electron chi connectivity index (χ2n) is 4.21. The minimum absolute atomic E-state index is 0.0824. The van der Waals surface area contributed by atoms with E-state index in [1.165, 1.54) is 6.07 Å². The van der Waals surface area contributed by atoms with Crippen molar-refractivity contribution in [2.45, 2.75) is 17.3 Å². The molecule has 2 aromatic rings. The van der Waals surface area contributed by atoms with E-state index in [2.05, 4.69) is 4.72 Å². The molecule has 0 aliphatic heterocycles. The Bertz CT molecular complexity index is 685. The number of hydrogen-bond donors (Lipinski definition) is 1. The molecular formula is C14H13Cl2NO2S. The molecule has 2 rings (SSSR count). The third-order valence-electron chi connectivity index (χ3n) is 2.77. The first-order chi connectivity index (χ1) is 9.53. The van der Waals surface area contributed by atoms with Gasteiger partial charge in [0, 0.05) is 12.4 Å². The monoisotopic (exact) mass is 329 g/mol. The van der Waals surface area contributed by atoms with Crippen molar-refractivity contribution in [3.05, 3.63) is 64.7 Å². The first-order valence-electron chi connectivity index (χ1n) is 5.91. The number of hydrogen-bond acceptors (Lipinski definition) is 2. The summed E-state index contributed by atoms with van der Waals surface area (Å²) >= 11 is 11.6. The van der Waals surface area contributed by atoms with Gasteiger partial charge < -0.3 is 0 Å². The summed E-state index contributed by atoms with van der Waals surface area (Å²) in [5, 5.41) is 0.206. The third-order valence-corrected chi connectivity index (χ3v) is 4.98. The van der Waals surface area contributed by atoms with Crippen LogP contribution in [0.4, 0.5) is 0 Å². The lowest BCUT2D eigenvalue weighted by Gasteiger charge is -2.08. The summed E-state index contributed by atoms with van der Waals surface area (Å²) in [6.07, 6.45) is 0. The average Bonchev–Trinajstić information content (AvgIpc) is 2.46. The highest BCUT2D eigenvalue weighted by molar-refractivity contribution is 7.89. The van der Waals surface area contributed by atoms with Crippen molar-refractivity contribution in [3.63, 3.8) is 0 Å². The van der Waals surface area contributed by atoms with E-state index in [4.69, 9.17) is 23.2 Å². The first-order valence-corrected chi connectivity index (χ1v) is 8.30. The summed E-state index contributed by atoms with van der Waals surface area (Å²) in [5.41, 5.74) is 1.85. The standard InChI is InChI=1S/C14H13Cl2NO2S/c15-9-11-5-7-12(8-6-11)10-17-20(18,19)14-4-2-1-3-13(14)16/h1-8,17H,9-10H2. The Labute approximate surface area is 128 Å². The molecule has 0 aliphatic carbocycles. The predicted octanol–water partition coefficient (Wildman–Crippen LogP) is 3.56. The van der Waals surface area contributed by atoms with Crippen LogP contribution in [0.1, 0.15) is 11.1 Å². The van der Waals surface area contributed by atoms with Crippen LogP contribution in [0.2, 0.25) is 5.02 Å². The number of rotatable bonds is 5. The van der Waals surface area contributed by atoms with Gasteiger partial charge in [-0.25, -0.2) is 13.1 Å². The summed E-state index contributed by atoms with van der Waals surface area (Å²) in [7, 11) is -3.61. The van der Waals surface area contributed by atoms with Gasteiger partial charge in [0.2, 0.25) is 10.0 Å². The molecule has 1 N–H and O–H groups in total. The van der Waals surface area contributed by atoms with Gasteiger partial charge in [0.05, 0.1) is 5.02 Å². The molecule has 2 aromatic carbocycles. The molecule has 0 spiro atoms. The van der Waals surface area contributed by atoms with Crippen LogP contribution >= 0.6 is 23.2 Å². The molecule has 0 atom stereocenters. The maximum Gasteiger partial charge on any atom is 0.242 e. The number of sulfonamides is 1. The second-order valence-corrected chi connectivity index (χ2v) is 6.61. The second kappa shape index (κ2) is 6.59. The normalized spacial score (nSPS) is 11.5. The van der Waals surface area contributed by atoms with E-state index in [-0.39, 0.29) is 16.5 Å². The number of nitrogens with one attached hydrogen (secondary N) is 1. The number of benzene rings is 2. The molecule has 0 saturated heterocycles. The average molecular weight is 330 g/mol. The molecular weight excluding hydrogens is 317 g/mol. The van der Waals surface area contributed by atoms with Crippen LogP contribution in [0.25, 0.3) is 0 Å². The van der Waals surface area contributed by atoms with Gasteiger partial charge in [-0.2, -0.15) is 0 Å². The Balaban J connectivity index is 2.11. The maximum atomic E-state index is 12.1. The molecule has 0 fully saturated rings. The van der Waals surface area contributed by atoms with Crippen molar-refractivity contribution in [1.82, 2.24) is 4.72 Å². The zero-order chi connectivity index (χ0) is 14.6. The molecule has 0 unspecified atom stereocenters. The number of halogens is 2. The molecule has 3 nitrogen and oxygen atoms in total. The van der Waals surface area contributed by atoms with Gasteiger partial charge in [-0.3, -0.25) is 0 Å². The van der Waals surface area contributed by atoms with Crippen LogP contribution < -0.4 is 4.72 Å². The topological polar surface area (TPSA) is 46.2 Å². The van der Waals surface area contributed by atoms with Crippen LogP contribution in [0.15, 0.2) is 53.4 Å². The fourth-order valence-corrected chi connectivity index (χ4v) is 3.38. The SMILES string of the molecule is O=S(=O)(NCc1ccc(CCl)cc1)c1ccccc1Cl. The first kappa shape index (κ1) is 15.3. The van der Waals surface area contributed by atoms with Gasteiger partial charge in [0.1, 0.15) is 4.90 Å². The summed E-state index contributed by atoms with van der Waals surface area (Å²) in [5.74, 6) is 0.436. The molecule has 0 heterocycles. The smallest absolute Gasteiger partial charge is 0.207 e. The zero-order valence-electron chi connectivity index (χ0n) is 10.5. The minimum atomic E-state index is -3.61. The summed E-state index contributed by atoms with van der Waals surface area (Å²) < 4.78 is 26.8. The van der Waals surface area contributed by atoms with Crippen LogP contribution in [0.5, 0.6) is 0 Å². The lowest BCUT2D eigenvalue weighted by Crippen LogP contribution is -2.23. The van der Waals surface area contributed by atoms with E-state index in [1.807, 2.05) is 24.3 Å².